The van der Waals surface area contributed by atoms with Crippen molar-refractivity contribution in [2.24, 2.45) is 0 Å². The topological polar surface area (TPSA) is 39.2 Å². The monoisotopic (exact) mass is 245 g/mol. The zero-order valence-corrected chi connectivity index (χ0v) is 9.67. The van der Waals surface area contributed by atoms with Crippen LogP contribution < -0.4 is 0 Å². The van der Waals surface area contributed by atoms with Crippen LogP contribution in [0, 0.1) is 5.82 Å². The Labute approximate surface area is 104 Å². The number of hydrogen-bond acceptors (Lipinski definition) is 3. The van der Waals surface area contributed by atoms with Gasteiger partial charge in [0.1, 0.15) is 12.4 Å². The molecular formula is C14H12FNO2. The summed E-state index contributed by atoms with van der Waals surface area (Å²) in [5.41, 5.74) is 2.75. The molecule has 0 amide bonds. The summed E-state index contributed by atoms with van der Waals surface area (Å²) in [5, 5.41) is 0. The molecule has 1 heterocycles. The van der Waals surface area contributed by atoms with Crippen molar-refractivity contribution >= 4 is 6.47 Å². The number of hydrogen-bond donors (Lipinski definition) is 0. The largest absolute Gasteiger partial charge is 0.461 e. The standard InChI is InChI=1S/C14H12FNO2/c15-13-4-1-11(2-5-13)7-12-3-6-14(16-8-12)9-18-10-17/h1-6,8,10H,7,9H2. The molecule has 4 heteroatoms. The highest BCUT2D eigenvalue weighted by atomic mass is 19.1. The van der Waals surface area contributed by atoms with Crippen LogP contribution >= 0.6 is 0 Å². The lowest BCUT2D eigenvalue weighted by Gasteiger charge is -2.03. The predicted molar refractivity (Wildman–Crippen MR) is 64.3 cm³/mol. The summed E-state index contributed by atoms with van der Waals surface area (Å²) >= 11 is 0. The third-order valence-corrected chi connectivity index (χ3v) is 2.51. The summed E-state index contributed by atoms with van der Waals surface area (Å²) in [7, 11) is 0. The molecule has 3 nitrogen and oxygen atoms in total. The first-order valence-electron chi connectivity index (χ1n) is 5.51. The van der Waals surface area contributed by atoms with E-state index in [2.05, 4.69) is 9.72 Å². The Morgan fingerprint density at radius 3 is 2.44 bits per heavy atom. The van der Waals surface area contributed by atoms with E-state index in [0.29, 0.717) is 18.6 Å². The molecule has 0 spiro atoms. The molecule has 0 unspecified atom stereocenters. The van der Waals surface area contributed by atoms with E-state index in [1.165, 1.54) is 12.1 Å². The molecule has 0 atom stereocenters. The number of carbonyl (C=O) groups is 1. The lowest BCUT2D eigenvalue weighted by Crippen LogP contribution is -1.96. The average Bonchev–Trinajstić information content (AvgIpc) is 2.41. The molecule has 0 bridgehead atoms. The number of pyridine rings is 1. The van der Waals surface area contributed by atoms with Gasteiger partial charge < -0.3 is 4.74 Å². The third kappa shape index (κ3) is 3.38. The fourth-order valence-corrected chi connectivity index (χ4v) is 1.60. The van der Waals surface area contributed by atoms with Gasteiger partial charge in [0.15, 0.2) is 0 Å². The van der Waals surface area contributed by atoms with Crippen LogP contribution in [0.3, 0.4) is 0 Å². The van der Waals surface area contributed by atoms with Crippen molar-refractivity contribution in [2.75, 3.05) is 0 Å². The molecule has 2 aromatic rings. The van der Waals surface area contributed by atoms with Gasteiger partial charge in [-0.25, -0.2) is 4.39 Å². The van der Waals surface area contributed by atoms with Gasteiger partial charge in [0, 0.05) is 6.20 Å². The van der Waals surface area contributed by atoms with Gasteiger partial charge >= 0.3 is 0 Å². The van der Waals surface area contributed by atoms with Gasteiger partial charge in [0.2, 0.25) is 0 Å². The third-order valence-electron chi connectivity index (χ3n) is 2.51. The van der Waals surface area contributed by atoms with E-state index in [1.54, 1.807) is 18.3 Å². The number of halogens is 1. The van der Waals surface area contributed by atoms with Crippen LogP contribution in [0.2, 0.25) is 0 Å². The van der Waals surface area contributed by atoms with Gasteiger partial charge in [-0.2, -0.15) is 0 Å². The first-order valence-corrected chi connectivity index (χ1v) is 5.51. The quantitative estimate of drug-likeness (QED) is 0.760. The van der Waals surface area contributed by atoms with Gasteiger partial charge in [-0.05, 0) is 35.7 Å². The van der Waals surface area contributed by atoms with E-state index in [-0.39, 0.29) is 12.4 Å². The van der Waals surface area contributed by atoms with Crippen LogP contribution in [-0.4, -0.2) is 11.5 Å². The highest BCUT2D eigenvalue weighted by Gasteiger charge is 1.99. The highest BCUT2D eigenvalue weighted by Crippen LogP contribution is 2.10. The van der Waals surface area contributed by atoms with Crippen molar-refractivity contribution < 1.29 is 13.9 Å². The number of ether oxygens (including phenoxy) is 1. The minimum Gasteiger partial charge on any atom is -0.461 e. The molecule has 18 heavy (non-hydrogen) atoms. The first kappa shape index (κ1) is 12.2. The number of nitrogens with zero attached hydrogens (tertiary/aromatic N) is 1. The first-order chi connectivity index (χ1) is 8.78. The van der Waals surface area contributed by atoms with E-state index >= 15 is 0 Å². The van der Waals surface area contributed by atoms with Gasteiger partial charge in [0.25, 0.3) is 6.47 Å². The smallest absolute Gasteiger partial charge is 0.293 e. The summed E-state index contributed by atoms with van der Waals surface area (Å²) in [6.45, 7) is 0.578. The lowest BCUT2D eigenvalue weighted by molar-refractivity contribution is -0.129. The molecule has 0 radical (unpaired) electrons. The van der Waals surface area contributed by atoms with Crippen LogP contribution in [0.15, 0.2) is 42.6 Å². The number of carbonyl (C=O) groups excluding carboxylic acids is 1. The Morgan fingerprint density at radius 2 is 1.83 bits per heavy atom. The van der Waals surface area contributed by atoms with Crippen molar-refractivity contribution in [1.82, 2.24) is 4.98 Å². The summed E-state index contributed by atoms with van der Waals surface area (Å²) in [6.07, 6.45) is 2.43. The van der Waals surface area contributed by atoms with Crippen molar-refractivity contribution in [2.45, 2.75) is 13.0 Å². The molecule has 1 aromatic carbocycles. The second-order valence-electron chi connectivity index (χ2n) is 3.87. The maximum absolute atomic E-state index is 12.7. The Kier molecular flexibility index (Phi) is 4.02. The van der Waals surface area contributed by atoms with Crippen LogP contribution in [-0.2, 0) is 22.6 Å². The number of benzene rings is 1. The van der Waals surface area contributed by atoms with Crippen LogP contribution in [0.25, 0.3) is 0 Å². The minimum absolute atomic E-state index is 0.181. The van der Waals surface area contributed by atoms with Gasteiger partial charge in [-0.15, -0.1) is 0 Å². The SMILES string of the molecule is O=COCc1ccc(Cc2ccc(F)cc2)cn1. The molecule has 0 N–H and O–H groups in total. The molecule has 0 saturated heterocycles. The summed E-state index contributed by atoms with van der Waals surface area (Å²) < 4.78 is 17.3. The van der Waals surface area contributed by atoms with Gasteiger partial charge in [-0.3, -0.25) is 9.78 Å². The fraction of sp³-hybridized carbons (Fsp3) is 0.143. The Balaban J connectivity index is 2.01. The Morgan fingerprint density at radius 1 is 1.11 bits per heavy atom. The lowest BCUT2D eigenvalue weighted by atomic mass is 10.1. The average molecular weight is 245 g/mol. The summed E-state index contributed by atoms with van der Waals surface area (Å²) in [4.78, 5) is 14.2. The molecule has 2 rings (SSSR count). The van der Waals surface area contributed by atoms with Crippen molar-refractivity contribution in [3.05, 3.63) is 65.2 Å². The minimum atomic E-state index is -0.238. The molecular weight excluding hydrogens is 233 g/mol. The molecule has 0 aliphatic carbocycles. The van der Waals surface area contributed by atoms with Gasteiger partial charge in [0.05, 0.1) is 5.69 Å². The van der Waals surface area contributed by atoms with Crippen LogP contribution in [0.5, 0.6) is 0 Å². The van der Waals surface area contributed by atoms with E-state index in [9.17, 15) is 9.18 Å². The van der Waals surface area contributed by atoms with E-state index in [0.717, 1.165) is 11.1 Å². The maximum atomic E-state index is 12.7. The molecule has 1 aromatic heterocycles. The summed E-state index contributed by atoms with van der Waals surface area (Å²) in [5.74, 6) is -0.238. The van der Waals surface area contributed by atoms with Gasteiger partial charge in [-0.1, -0.05) is 18.2 Å². The van der Waals surface area contributed by atoms with Crippen molar-refractivity contribution in [1.29, 1.82) is 0 Å². The van der Waals surface area contributed by atoms with Crippen molar-refractivity contribution in [3.63, 3.8) is 0 Å². The molecule has 0 fully saturated rings. The highest BCUT2D eigenvalue weighted by molar-refractivity contribution is 5.37. The second kappa shape index (κ2) is 5.91. The fourth-order valence-electron chi connectivity index (χ4n) is 1.60. The van der Waals surface area contributed by atoms with E-state index in [1.807, 2.05) is 12.1 Å². The number of aromatic nitrogens is 1. The Hall–Kier alpha value is -2.23. The second-order valence-corrected chi connectivity index (χ2v) is 3.87. The zero-order chi connectivity index (χ0) is 12.8. The molecule has 92 valence electrons. The molecule has 0 aliphatic rings. The molecule has 0 aliphatic heterocycles. The zero-order valence-electron chi connectivity index (χ0n) is 9.67. The summed E-state index contributed by atoms with van der Waals surface area (Å²) in [6, 6.07) is 10.1. The van der Waals surface area contributed by atoms with E-state index < -0.39 is 0 Å². The van der Waals surface area contributed by atoms with Crippen molar-refractivity contribution in [3.8, 4) is 0 Å². The predicted octanol–water partition coefficient (Wildman–Crippen LogP) is 2.48. The normalized spacial score (nSPS) is 10.1. The molecule has 0 saturated carbocycles. The number of rotatable bonds is 5. The Bertz CT molecular complexity index is 508. The maximum Gasteiger partial charge on any atom is 0.293 e. The van der Waals surface area contributed by atoms with E-state index in [4.69, 9.17) is 0 Å². The van der Waals surface area contributed by atoms with Crippen LogP contribution in [0.4, 0.5) is 4.39 Å². The van der Waals surface area contributed by atoms with Crippen LogP contribution in [0.1, 0.15) is 16.8 Å².